The first-order valence-corrected chi connectivity index (χ1v) is 11.8. The summed E-state index contributed by atoms with van der Waals surface area (Å²) < 4.78 is 7.57. The lowest BCUT2D eigenvalue weighted by Gasteiger charge is -2.56. The van der Waals surface area contributed by atoms with E-state index < -0.39 is 0 Å². The van der Waals surface area contributed by atoms with Crippen LogP contribution in [0.5, 0.6) is 5.75 Å². The fraction of sp³-hybridized carbons (Fsp3) is 0.600. The Bertz CT molecular complexity index is 1060. The van der Waals surface area contributed by atoms with Crippen LogP contribution in [0.25, 0.3) is 10.9 Å². The van der Waals surface area contributed by atoms with Crippen molar-refractivity contribution < 1.29 is 19.4 Å². The summed E-state index contributed by atoms with van der Waals surface area (Å²) in [6, 6.07) is 5.70. The minimum atomic E-state index is -0.370. The Morgan fingerprint density at radius 3 is 2.56 bits per heavy atom. The van der Waals surface area contributed by atoms with Gasteiger partial charge in [0, 0.05) is 56.7 Å². The van der Waals surface area contributed by atoms with Crippen molar-refractivity contribution in [3.63, 3.8) is 0 Å². The monoisotopic (exact) mass is 439 g/mol. The third kappa shape index (κ3) is 3.20. The van der Waals surface area contributed by atoms with Crippen LogP contribution in [0.1, 0.15) is 56.3 Å². The van der Waals surface area contributed by atoms with Gasteiger partial charge in [0.1, 0.15) is 5.75 Å². The van der Waals surface area contributed by atoms with E-state index in [0.29, 0.717) is 38.4 Å². The minimum absolute atomic E-state index is 0.112. The molecule has 172 valence electrons. The van der Waals surface area contributed by atoms with Crippen LogP contribution in [0.15, 0.2) is 18.2 Å². The second-order valence-corrected chi connectivity index (χ2v) is 9.85. The number of rotatable bonds is 6. The van der Waals surface area contributed by atoms with Crippen molar-refractivity contribution in [2.45, 2.75) is 50.5 Å². The number of methoxy groups -OCH3 is 1. The van der Waals surface area contributed by atoms with Gasteiger partial charge in [-0.2, -0.15) is 0 Å². The largest absolute Gasteiger partial charge is 0.497 e. The molecule has 2 fully saturated rings. The summed E-state index contributed by atoms with van der Waals surface area (Å²) in [7, 11) is 3.66. The molecule has 2 aliphatic heterocycles. The summed E-state index contributed by atoms with van der Waals surface area (Å²) in [6.45, 7) is 3.70. The van der Waals surface area contributed by atoms with E-state index in [2.05, 4.69) is 10.6 Å². The van der Waals surface area contributed by atoms with Gasteiger partial charge in [-0.3, -0.25) is 9.59 Å². The zero-order chi connectivity index (χ0) is 22.6. The predicted octanol–water partition coefficient (Wildman–Crippen LogP) is 2.74. The number of hydrogen-bond acceptors (Lipinski definition) is 4. The molecule has 1 atom stereocenters. The van der Waals surface area contributed by atoms with E-state index in [1.807, 2.05) is 35.9 Å². The van der Waals surface area contributed by atoms with Crippen molar-refractivity contribution in [1.82, 2.24) is 14.4 Å². The molecule has 1 saturated carbocycles. The maximum atomic E-state index is 13.3. The first kappa shape index (κ1) is 21.3. The summed E-state index contributed by atoms with van der Waals surface area (Å²) in [5, 5.41) is 11.6. The summed E-state index contributed by atoms with van der Waals surface area (Å²) in [5.74, 6) is 1.57. The molecule has 2 aromatic rings. The Hall–Kier alpha value is -2.54. The van der Waals surface area contributed by atoms with Crippen molar-refractivity contribution in [3.05, 3.63) is 29.5 Å². The molecule has 32 heavy (non-hydrogen) atoms. The maximum Gasteiger partial charge on any atom is 0.223 e. The highest BCUT2D eigenvalue weighted by Gasteiger charge is 2.55. The van der Waals surface area contributed by atoms with Gasteiger partial charge in [-0.25, -0.2) is 0 Å². The van der Waals surface area contributed by atoms with Gasteiger partial charge >= 0.3 is 0 Å². The normalized spacial score (nSPS) is 21.6. The molecule has 0 bridgehead atoms. The maximum absolute atomic E-state index is 13.3. The molecule has 2 amide bonds. The standard InChI is InChI=1S/C25H33N3O4/c1-4-5-21(30)27-13-25(14-27)15-28(22(31)10-16-6-7-16)20(12-29)24-23(25)18-9-8-17(32-3)11-19(18)26(24)2/h8-9,11,16,20,29H,4-7,10,12-15H2,1-3H3/t20-/m1/s1. The van der Waals surface area contributed by atoms with Crippen LogP contribution in [0.3, 0.4) is 0 Å². The molecule has 3 aliphatic rings. The van der Waals surface area contributed by atoms with Crippen LogP contribution in [0, 0.1) is 5.92 Å². The molecule has 7 nitrogen and oxygen atoms in total. The van der Waals surface area contributed by atoms with Crippen LogP contribution in [-0.2, 0) is 22.1 Å². The predicted molar refractivity (Wildman–Crippen MR) is 122 cm³/mol. The average molecular weight is 440 g/mol. The van der Waals surface area contributed by atoms with Crippen LogP contribution >= 0.6 is 0 Å². The Morgan fingerprint density at radius 2 is 1.94 bits per heavy atom. The zero-order valence-corrected chi connectivity index (χ0v) is 19.3. The summed E-state index contributed by atoms with van der Waals surface area (Å²) >= 11 is 0. The van der Waals surface area contributed by atoms with Crippen LogP contribution < -0.4 is 4.74 Å². The summed E-state index contributed by atoms with van der Waals surface area (Å²) in [4.78, 5) is 29.7. The molecule has 1 spiro atoms. The Kier molecular flexibility index (Phi) is 5.19. The number of amides is 2. The van der Waals surface area contributed by atoms with Crippen molar-refractivity contribution in [3.8, 4) is 5.75 Å². The number of benzene rings is 1. The number of fused-ring (bicyclic) bond motifs is 4. The smallest absolute Gasteiger partial charge is 0.223 e. The van der Waals surface area contributed by atoms with Crippen molar-refractivity contribution in [2.24, 2.45) is 13.0 Å². The van der Waals surface area contributed by atoms with Crippen molar-refractivity contribution >= 4 is 22.7 Å². The Labute approximate surface area is 188 Å². The number of nitrogens with zero attached hydrogens (tertiary/aromatic N) is 3. The number of aryl methyl sites for hydroxylation is 1. The van der Waals surface area contributed by atoms with Crippen LogP contribution in [-0.4, -0.2) is 64.6 Å². The van der Waals surface area contributed by atoms with Gasteiger partial charge in [0.25, 0.3) is 0 Å². The Balaban J connectivity index is 1.62. The number of carbonyl (C=O) groups excluding carboxylic acids is 2. The molecule has 1 aromatic carbocycles. The van der Waals surface area contributed by atoms with E-state index in [9.17, 15) is 14.7 Å². The third-order valence-electron chi connectivity index (χ3n) is 7.61. The topological polar surface area (TPSA) is 75.0 Å². The van der Waals surface area contributed by atoms with E-state index in [1.54, 1.807) is 7.11 Å². The third-order valence-corrected chi connectivity index (χ3v) is 7.61. The summed E-state index contributed by atoms with van der Waals surface area (Å²) in [5.41, 5.74) is 2.92. The van der Waals surface area contributed by atoms with Gasteiger partial charge in [-0.05, 0) is 42.9 Å². The van der Waals surface area contributed by atoms with Gasteiger partial charge in [0.15, 0.2) is 0 Å². The van der Waals surface area contributed by atoms with E-state index in [1.165, 1.54) is 5.56 Å². The van der Waals surface area contributed by atoms with Crippen molar-refractivity contribution in [1.29, 1.82) is 0 Å². The first-order valence-electron chi connectivity index (χ1n) is 11.8. The fourth-order valence-electron chi connectivity index (χ4n) is 5.80. The highest BCUT2D eigenvalue weighted by Crippen LogP contribution is 2.50. The highest BCUT2D eigenvalue weighted by molar-refractivity contribution is 5.90. The lowest BCUT2D eigenvalue weighted by Crippen LogP contribution is -2.68. The van der Waals surface area contributed by atoms with Gasteiger partial charge < -0.3 is 24.2 Å². The minimum Gasteiger partial charge on any atom is -0.497 e. The molecule has 5 rings (SSSR count). The van der Waals surface area contributed by atoms with Crippen LogP contribution in [0.4, 0.5) is 0 Å². The Morgan fingerprint density at radius 1 is 1.19 bits per heavy atom. The molecule has 0 unspecified atom stereocenters. The van der Waals surface area contributed by atoms with Gasteiger partial charge in [-0.15, -0.1) is 0 Å². The number of ether oxygens (including phenoxy) is 1. The molecule has 7 heteroatoms. The average Bonchev–Trinajstić information content (AvgIpc) is 3.53. The fourth-order valence-corrected chi connectivity index (χ4v) is 5.80. The lowest BCUT2D eigenvalue weighted by atomic mass is 9.68. The van der Waals surface area contributed by atoms with E-state index in [0.717, 1.165) is 41.6 Å². The number of aliphatic hydroxyl groups excluding tert-OH is 1. The molecule has 3 heterocycles. The number of carbonyl (C=O) groups is 2. The molecular weight excluding hydrogens is 406 g/mol. The molecular formula is C25H33N3O4. The quantitative estimate of drug-likeness (QED) is 0.751. The molecule has 0 radical (unpaired) electrons. The molecule has 1 aromatic heterocycles. The van der Waals surface area contributed by atoms with Gasteiger partial charge in [0.2, 0.25) is 11.8 Å². The van der Waals surface area contributed by atoms with E-state index in [4.69, 9.17) is 4.74 Å². The van der Waals surface area contributed by atoms with Crippen molar-refractivity contribution in [2.75, 3.05) is 33.4 Å². The van der Waals surface area contributed by atoms with E-state index in [-0.39, 0.29) is 29.9 Å². The van der Waals surface area contributed by atoms with E-state index >= 15 is 0 Å². The number of aliphatic hydroxyl groups is 1. The lowest BCUT2D eigenvalue weighted by molar-refractivity contribution is -0.145. The number of likely N-dealkylation sites (tertiary alicyclic amines) is 1. The second-order valence-electron chi connectivity index (χ2n) is 9.85. The van der Waals surface area contributed by atoms with Crippen LogP contribution in [0.2, 0.25) is 0 Å². The van der Waals surface area contributed by atoms with Gasteiger partial charge in [0.05, 0.1) is 30.7 Å². The molecule has 1 aliphatic carbocycles. The number of aromatic nitrogens is 1. The highest BCUT2D eigenvalue weighted by atomic mass is 16.5. The molecule has 1 N–H and O–H groups in total. The zero-order valence-electron chi connectivity index (χ0n) is 19.3. The number of hydrogen-bond donors (Lipinski definition) is 1. The SMILES string of the molecule is CCCC(=O)N1CC2(C1)CN(C(=O)CC1CC1)[C@H](CO)c1c2c2ccc(OC)cc2n1C. The first-order chi connectivity index (χ1) is 15.4. The summed E-state index contributed by atoms with van der Waals surface area (Å²) in [6.07, 6.45) is 4.18. The molecule has 1 saturated heterocycles. The second kappa shape index (κ2) is 7.80. The van der Waals surface area contributed by atoms with Gasteiger partial charge in [-0.1, -0.05) is 6.92 Å².